The molecular weight excluding hydrogens is 346 g/mol. The van der Waals surface area contributed by atoms with Gasteiger partial charge in [-0.1, -0.05) is 0 Å². The fraction of sp³-hybridized carbons (Fsp3) is 0.562. The standard InChI is InChI=1S/C14H17N3O5.C2H4O2/c1-20-12(18)10-3-16-11(4-15-10)17-5-9-6-22-8-14(9,7-17)13(19)21-2;1-2(3)4/h3-4,9H,5-8H2,1-2H3;1H3,(H,3,4)/t9-,14-;/m0./s1. The highest BCUT2D eigenvalue weighted by Gasteiger charge is 2.57. The molecule has 10 nitrogen and oxygen atoms in total. The van der Waals surface area contributed by atoms with Crippen molar-refractivity contribution in [2.24, 2.45) is 11.3 Å². The zero-order chi connectivity index (χ0) is 19.3. The van der Waals surface area contributed by atoms with Gasteiger partial charge < -0.3 is 24.2 Å². The van der Waals surface area contributed by atoms with Crippen molar-refractivity contribution in [2.75, 3.05) is 45.4 Å². The first-order valence-corrected chi connectivity index (χ1v) is 7.85. The average molecular weight is 367 g/mol. The predicted molar refractivity (Wildman–Crippen MR) is 87.7 cm³/mol. The summed E-state index contributed by atoms with van der Waals surface area (Å²) < 4.78 is 15.0. The first-order chi connectivity index (χ1) is 12.3. The van der Waals surface area contributed by atoms with Crippen LogP contribution in [0.25, 0.3) is 0 Å². The van der Waals surface area contributed by atoms with Crippen LogP contribution in [0, 0.1) is 11.3 Å². The number of fused-ring (bicyclic) bond motifs is 1. The van der Waals surface area contributed by atoms with Gasteiger partial charge in [0.25, 0.3) is 5.97 Å². The molecule has 0 radical (unpaired) electrons. The summed E-state index contributed by atoms with van der Waals surface area (Å²) in [7, 11) is 2.68. The number of nitrogens with zero attached hydrogens (tertiary/aromatic N) is 3. The van der Waals surface area contributed by atoms with Crippen LogP contribution in [0.5, 0.6) is 0 Å². The Morgan fingerprint density at radius 2 is 1.96 bits per heavy atom. The third kappa shape index (κ3) is 3.90. The zero-order valence-electron chi connectivity index (χ0n) is 14.8. The van der Waals surface area contributed by atoms with Crippen LogP contribution in [-0.4, -0.2) is 73.5 Å². The van der Waals surface area contributed by atoms with Crippen LogP contribution in [0.3, 0.4) is 0 Å². The quantitative estimate of drug-likeness (QED) is 0.728. The van der Waals surface area contributed by atoms with Gasteiger partial charge in [-0.05, 0) is 0 Å². The number of rotatable bonds is 3. The van der Waals surface area contributed by atoms with Crippen LogP contribution in [0.4, 0.5) is 5.82 Å². The maximum absolute atomic E-state index is 12.2. The second-order valence-electron chi connectivity index (χ2n) is 6.01. The Balaban J connectivity index is 0.000000552. The summed E-state index contributed by atoms with van der Waals surface area (Å²) >= 11 is 0. The highest BCUT2D eigenvalue weighted by Crippen LogP contribution is 2.43. The number of ether oxygens (including phenoxy) is 3. The first kappa shape index (κ1) is 19.6. The number of carboxylic acids is 1. The lowest BCUT2D eigenvalue weighted by Crippen LogP contribution is -2.40. The van der Waals surface area contributed by atoms with Gasteiger partial charge in [0.2, 0.25) is 0 Å². The van der Waals surface area contributed by atoms with Crippen molar-refractivity contribution in [1.82, 2.24) is 9.97 Å². The summed E-state index contributed by atoms with van der Waals surface area (Å²) in [5.74, 6) is -0.930. The van der Waals surface area contributed by atoms with Crippen molar-refractivity contribution in [2.45, 2.75) is 6.92 Å². The fourth-order valence-electron chi connectivity index (χ4n) is 3.10. The summed E-state index contributed by atoms with van der Waals surface area (Å²) in [6.07, 6.45) is 2.88. The number of carbonyl (C=O) groups is 3. The van der Waals surface area contributed by atoms with E-state index in [0.717, 1.165) is 6.92 Å². The van der Waals surface area contributed by atoms with Gasteiger partial charge in [0, 0.05) is 25.9 Å². The third-order valence-electron chi connectivity index (χ3n) is 4.32. The van der Waals surface area contributed by atoms with Gasteiger partial charge in [-0.3, -0.25) is 9.59 Å². The summed E-state index contributed by atoms with van der Waals surface area (Å²) in [5, 5.41) is 7.42. The van der Waals surface area contributed by atoms with Gasteiger partial charge >= 0.3 is 11.9 Å². The van der Waals surface area contributed by atoms with E-state index in [1.807, 2.05) is 4.90 Å². The molecule has 0 saturated carbocycles. The van der Waals surface area contributed by atoms with E-state index < -0.39 is 17.4 Å². The van der Waals surface area contributed by atoms with Crippen LogP contribution >= 0.6 is 0 Å². The lowest BCUT2D eigenvalue weighted by atomic mass is 9.81. The molecule has 142 valence electrons. The number of anilines is 1. The second kappa shape index (κ2) is 8.09. The van der Waals surface area contributed by atoms with Crippen molar-refractivity contribution in [3.63, 3.8) is 0 Å². The molecule has 0 aromatic carbocycles. The minimum absolute atomic E-state index is 0.0713. The van der Waals surface area contributed by atoms with E-state index in [9.17, 15) is 9.59 Å². The number of carboxylic acid groups (broad SMARTS) is 1. The Hall–Kier alpha value is -2.75. The number of methoxy groups -OCH3 is 2. The van der Waals surface area contributed by atoms with Crippen LogP contribution < -0.4 is 4.90 Å². The van der Waals surface area contributed by atoms with E-state index >= 15 is 0 Å². The molecule has 0 bridgehead atoms. The number of hydrogen-bond acceptors (Lipinski definition) is 9. The van der Waals surface area contributed by atoms with Gasteiger partial charge in [0.1, 0.15) is 11.2 Å². The SMILES string of the molecule is CC(=O)O.COC(=O)c1cnc(N2C[C@H]3COC[C@@]3(C(=O)OC)C2)cn1. The number of aromatic nitrogens is 2. The average Bonchev–Trinajstić information content (AvgIpc) is 3.18. The van der Waals surface area contributed by atoms with Crippen LogP contribution in [0.2, 0.25) is 0 Å². The van der Waals surface area contributed by atoms with Crippen LogP contribution in [0.15, 0.2) is 12.4 Å². The fourth-order valence-corrected chi connectivity index (χ4v) is 3.10. The van der Waals surface area contributed by atoms with E-state index in [-0.39, 0.29) is 17.6 Å². The lowest BCUT2D eigenvalue weighted by molar-refractivity contribution is -0.152. The number of esters is 2. The maximum Gasteiger partial charge on any atom is 0.358 e. The van der Waals surface area contributed by atoms with E-state index in [0.29, 0.717) is 32.1 Å². The zero-order valence-corrected chi connectivity index (χ0v) is 14.8. The molecule has 0 aliphatic carbocycles. The first-order valence-electron chi connectivity index (χ1n) is 7.85. The van der Waals surface area contributed by atoms with E-state index in [2.05, 4.69) is 14.7 Å². The number of aliphatic carboxylic acids is 1. The maximum atomic E-state index is 12.2. The van der Waals surface area contributed by atoms with Gasteiger partial charge in [0.05, 0.1) is 39.8 Å². The molecule has 3 rings (SSSR count). The Kier molecular flexibility index (Phi) is 6.09. The van der Waals surface area contributed by atoms with Crippen molar-refractivity contribution < 1.29 is 33.7 Å². The largest absolute Gasteiger partial charge is 0.481 e. The molecule has 2 atom stereocenters. The molecule has 1 aromatic rings. The smallest absolute Gasteiger partial charge is 0.358 e. The second-order valence-corrected chi connectivity index (χ2v) is 6.01. The minimum Gasteiger partial charge on any atom is -0.481 e. The van der Waals surface area contributed by atoms with Gasteiger partial charge in [-0.15, -0.1) is 0 Å². The molecule has 1 N–H and O–H groups in total. The molecule has 2 aliphatic heterocycles. The molecule has 2 saturated heterocycles. The Bertz CT molecular complexity index is 675. The monoisotopic (exact) mass is 367 g/mol. The van der Waals surface area contributed by atoms with Gasteiger partial charge in [-0.25, -0.2) is 14.8 Å². The van der Waals surface area contributed by atoms with Crippen molar-refractivity contribution in [3.05, 3.63) is 18.1 Å². The van der Waals surface area contributed by atoms with Crippen LogP contribution in [-0.2, 0) is 23.8 Å². The molecule has 2 aliphatic rings. The molecule has 10 heteroatoms. The Morgan fingerprint density at radius 3 is 2.50 bits per heavy atom. The molecule has 1 aromatic heterocycles. The number of hydrogen-bond donors (Lipinski definition) is 1. The topological polar surface area (TPSA) is 128 Å². The van der Waals surface area contributed by atoms with Crippen molar-refractivity contribution in [1.29, 1.82) is 0 Å². The van der Waals surface area contributed by atoms with Crippen LogP contribution in [0.1, 0.15) is 17.4 Å². The molecule has 26 heavy (non-hydrogen) atoms. The van der Waals surface area contributed by atoms with Crippen molar-refractivity contribution in [3.8, 4) is 0 Å². The predicted octanol–water partition coefficient (Wildman–Crippen LogP) is -0.0201. The van der Waals surface area contributed by atoms with Gasteiger partial charge in [-0.2, -0.15) is 0 Å². The summed E-state index contributed by atoms with van der Waals surface area (Å²) in [6, 6.07) is 0. The van der Waals surface area contributed by atoms with E-state index in [1.54, 1.807) is 0 Å². The molecule has 0 spiro atoms. The molecule has 0 amide bonds. The van der Waals surface area contributed by atoms with E-state index in [4.69, 9.17) is 19.4 Å². The van der Waals surface area contributed by atoms with E-state index in [1.165, 1.54) is 26.6 Å². The molecule has 3 heterocycles. The van der Waals surface area contributed by atoms with Gasteiger partial charge in [0.15, 0.2) is 5.69 Å². The molecular formula is C16H21N3O7. The summed E-state index contributed by atoms with van der Waals surface area (Å²) in [6.45, 7) is 3.08. The molecule has 0 unspecified atom stereocenters. The summed E-state index contributed by atoms with van der Waals surface area (Å²) in [4.78, 5) is 42.8. The molecule has 2 fully saturated rings. The highest BCUT2D eigenvalue weighted by molar-refractivity contribution is 5.86. The number of carbonyl (C=O) groups excluding carboxylic acids is 2. The summed E-state index contributed by atoms with van der Waals surface area (Å²) in [5.41, 5.74) is -0.492. The Labute approximate surface area is 150 Å². The normalized spacial score (nSPS) is 23.5. The Morgan fingerprint density at radius 1 is 1.27 bits per heavy atom. The highest BCUT2D eigenvalue weighted by atomic mass is 16.5. The third-order valence-corrected chi connectivity index (χ3v) is 4.32. The lowest BCUT2D eigenvalue weighted by Gasteiger charge is -2.24. The minimum atomic E-state index is -0.833. The van der Waals surface area contributed by atoms with Crippen molar-refractivity contribution >= 4 is 23.7 Å².